The van der Waals surface area contributed by atoms with Crippen LogP contribution in [0.15, 0.2) is 103 Å². The summed E-state index contributed by atoms with van der Waals surface area (Å²) in [5.74, 6) is 0. The average molecular weight is 489 g/mol. The van der Waals surface area contributed by atoms with Crippen molar-refractivity contribution in [2.24, 2.45) is 0 Å². The predicted octanol–water partition coefficient (Wildman–Crippen LogP) is 10.6. The van der Waals surface area contributed by atoms with Crippen molar-refractivity contribution in [1.82, 2.24) is 0 Å². The molecule has 0 aliphatic heterocycles. The second-order valence-corrected chi connectivity index (χ2v) is 11.6. The van der Waals surface area contributed by atoms with Crippen LogP contribution >= 0.6 is 0 Å². The predicted molar refractivity (Wildman–Crippen MR) is 164 cm³/mol. The molecule has 0 amide bonds. The molecule has 0 bridgehead atoms. The second-order valence-electron chi connectivity index (χ2n) is 11.6. The molecule has 1 aliphatic carbocycles. The summed E-state index contributed by atoms with van der Waals surface area (Å²) in [6.07, 6.45) is 0. The van der Waals surface area contributed by atoms with E-state index in [0.717, 1.165) is 0 Å². The van der Waals surface area contributed by atoms with Gasteiger partial charge in [0.05, 0.1) is 0 Å². The van der Waals surface area contributed by atoms with E-state index in [4.69, 9.17) is 0 Å². The molecule has 1 aliphatic rings. The third-order valence-electron chi connectivity index (χ3n) is 8.70. The summed E-state index contributed by atoms with van der Waals surface area (Å²) in [6.45, 7) is 11.4. The molecule has 0 saturated heterocycles. The van der Waals surface area contributed by atoms with Gasteiger partial charge in [-0.1, -0.05) is 122 Å². The Morgan fingerprint density at radius 1 is 0.447 bits per heavy atom. The zero-order chi connectivity index (χ0) is 26.2. The van der Waals surface area contributed by atoms with E-state index in [-0.39, 0.29) is 5.41 Å². The van der Waals surface area contributed by atoms with E-state index >= 15 is 0 Å². The fraction of sp³-hybridized carbons (Fsp3) is 0.158. The van der Waals surface area contributed by atoms with Crippen LogP contribution in [0.5, 0.6) is 0 Å². The molecular weight excluding hydrogens is 456 g/mol. The van der Waals surface area contributed by atoms with Crippen molar-refractivity contribution < 1.29 is 0 Å². The molecule has 0 N–H and O–H groups in total. The molecule has 7 rings (SSSR count). The Hall–Kier alpha value is -4.16. The molecule has 0 aromatic heterocycles. The van der Waals surface area contributed by atoms with E-state index in [0.29, 0.717) is 0 Å². The molecule has 0 spiro atoms. The maximum Gasteiger partial charge on any atom is 0.0159 e. The minimum atomic E-state index is -0.0254. The van der Waals surface area contributed by atoms with Crippen molar-refractivity contribution in [2.75, 3.05) is 0 Å². The van der Waals surface area contributed by atoms with Crippen molar-refractivity contribution in [3.63, 3.8) is 0 Å². The Morgan fingerprint density at radius 3 is 1.84 bits per heavy atom. The van der Waals surface area contributed by atoms with Crippen molar-refractivity contribution in [3.05, 3.63) is 131 Å². The van der Waals surface area contributed by atoms with Crippen LogP contribution in [0.3, 0.4) is 0 Å². The van der Waals surface area contributed by atoms with E-state index in [9.17, 15) is 0 Å². The normalized spacial score (nSPS) is 13.6. The monoisotopic (exact) mass is 488 g/mol. The molecule has 0 heterocycles. The summed E-state index contributed by atoms with van der Waals surface area (Å²) in [7, 11) is 0. The number of hydrogen-bond acceptors (Lipinski definition) is 0. The zero-order valence-corrected chi connectivity index (χ0v) is 22.8. The standard InChI is InChI=1S/C38H32/c1-23-14-17-27(25(3)20-23)37-31-12-7-6-11-30(31)36(33-21-24(2)15-18-32(33)37)26-16-19-29-28-10-8-9-13-34(28)38(4,5)35(29)22-26/h6-22H,1-5H3. The van der Waals surface area contributed by atoms with Gasteiger partial charge in [0, 0.05) is 5.41 Å². The van der Waals surface area contributed by atoms with Crippen molar-refractivity contribution in [3.8, 4) is 33.4 Å². The van der Waals surface area contributed by atoms with Gasteiger partial charge < -0.3 is 0 Å². The Balaban J connectivity index is 1.59. The van der Waals surface area contributed by atoms with Crippen LogP contribution in [0.2, 0.25) is 0 Å². The van der Waals surface area contributed by atoms with Gasteiger partial charge in [-0.25, -0.2) is 0 Å². The van der Waals surface area contributed by atoms with Gasteiger partial charge in [0.2, 0.25) is 0 Å². The van der Waals surface area contributed by atoms with Crippen LogP contribution in [0, 0.1) is 20.8 Å². The van der Waals surface area contributed by atoms with Crippen LogP contribution < -0.4 is 0 Å². The van der Waals surface area contributed by atoms with Gasteiger partial charge in [0.1, 0.15) is 0 Å². The molecule has 0 nitrogen and oxygen atoms in total. The largest absolute Gasteiger partial charge is 0.0619 e. The third-order valence-corrected chi connectivity index (χ3v) is 8.70. The van der Waals surface area contributed by atoms with Gasteiger partial charge in [-0.15, -0.1) is 0 Å². The molecule has 6 aromatic rings. The highest BCUT2D eigenvalue weighted by Gasteiger charge is 2.35. The first-order valence-electron chi connectivity index (χ1n) is 13.6. The first kappa shape index (κ1) is 23.0. The van der Waals surface area contributed by atoms with Gasteiger partial charge in [0.15, 0.2) is 0 Å². The van der Waals surface area contributed by atoms with Crippen molar-refractivity contribution >= 4 is 21.5 Å². The molecule has 184 valence electrons. The molecule has 0 saturated carbocycles. The van der Waals surface area contributed by atoms with Crippen molar-refractivity contribution in [2.45, 2.75) is 40.0 Å². The molecule has 0 heteroatoms. The minimum absolute atomic E-state index is 0.0254. The van der Waals surface area contributed by atoms with Crippen LogP contribution in [-0.4, -0.2) is 0 Å². The SMILES string of the molecule is Cc1ccc(-c2c3ccccc3c(-c3ccc4c(c3)C(C)(C)c3ccccc3-4)c3cc(C)ccc23)c(C)c1. The Labute approximate surface area is 225 Å². The lowest BCUT2D eigenvalue weighted by Crippen LogP contribution is -2.14. The van der Waals surface area contributed by atoms with Crippen LogP contribution in [0.4, 0.5) is 0 Å². The topological polar surface area (TPSA) is 0 Å². The summed E-state index contributed by atoms with van der Waals surface area (Å²) >= 11 is 0. The molecule has 0 unspecified atom stereocenters. The molecule has 0 radical (unpaired) electrons. The molecule has 0 atom stereocenters. The third kappa shape index (κ3) is 3.23. The van der Waals surface area contributed by atoms with Gasteiger partial charge in [-0.05, 0) is 98.5 Å². The van der Waals surface area contributed by atoms with Gasteiger partial charge >= 0.3 is 0 Å². The molecular formula is C38H32. The molecule has 38 heavy (non-hydrogen) atoms. The van der Waals surface area contributed by atoms with E-state index in [1.165, 1.54) is 82.7 Å². The molecule has 6 aromatic carbocycles. The second kappa shape index (κ2) is 8.17. The fourth-order valence-corrected chi connectivity index (χ4v) is 6.85. The average Bonchev–Trinajstić information content (AvgIpc) is 3.14. The number of benzene rings is 6. The summed E-state index contributed by atoms with van der Waals surface area (Å²) in [5.41, 5.74) is 14.7. The lowest BCUT2D eigenvalue weighted by molar-refractivity contribution is 0.660. The Kier molecular flexibility index (Phi) is 4.94. The van der Waals surface area contributed by atoms with Crippen LogP contribution in [0.1, 0.15) is 41.7 Å². The first-order valence-corrected chi connectivity index (χ1v) is 13.6. The Bertz CT molecular complexity index is 1920. The number of rotatable bonds is 2. The highest BCUT2D eigenvalue weighted by Crippen LogP contribution is 2.51. The highest BCUT2D eigenvalue weighted by atomic mass is 14.4. The van der Waals surface area contributed by atoms with E-state index in [2.05, 4.69) is 138 Å². The van der Waals surface area contributed by atoms with Gasteiger partial charge in [-0.3, -0.25) is 0 Å². The summed E-state index contributed by atoms with van der Waals surface area (Å²) in [6, 6.07) is 38.9. The summed E-state index contributed by atoms with van der Waals surface area (Å²) in [4.78, 5) is 0. The number of aryl methyl sites for hydroxylation is 3. The van der Waals surface area contributed by atoms with E-state index < -0.39 is 0 Å². The lowest BCUT2D eigenvalue weighted by Gasteiger charge is -2.23. The minimum Gasteiger partial charge on any atom is -0.0619 e. The Morgan fingerprint density at radius 2 is 1.05 bits per heavy atom. The quantitative estimate of drug-likeness (QED) is 0.213. The maximum atomic E-state index is 2.47. The van der Waals surface area contributed by atoms with E-state index in [1.807, 2.05) is 0 Å². The highest BCUT2D eigenvalue weighted by molar-refractivity contribution is 6.21. The van der Waals surface area contributed by atoms with Gasteiger partial charge in [-0.2, -0.15) is 0 Å². The smallest absolute Gasteiger partial charge is 0.0159 e. The molecule has 0 fully saturated rings. The summed E-state index contributed by atoms with van der Waals surface area (Å²) < 4.78 is 0. The maximum absolute atomic E-state index is 2.47. The van der Waals surface area contributed by atoms with Crippen molar-refractivity contribution in [1.29, 1.82) is 0 Å². The van der Waals surface area contributed by atoms with Gasteiger partial charge in [0.25, 0.3) is 0 Å². The lowest BCUT2D eigenvalue weighted by atomic mass is 9.80. The first-order chi connectivity index (χ1) is 18.3. The van der Waals surface area contributed by atoms with Crippen LogP contribution in [0.25, 0.3) is 54.9 Å². The van der Waals surface area contributed by atoms with Crippen LogP contribution in [-0.2, 0) is 5.41 Å². The zero-order valence-electron chi connectivity index (χ0n) is 22.8. The number of fused-ring (bicyclic) bond motifs is 5. The van der Waals surface area contributed by atoms with E-state index in [1.54, 1.807) is 0 Å². The fourth-order valence-electron chi connectivity index (χ4n) is 6.85. The summed E-state index contributed by atoms with van der Waals surface area (Å²) in [5, 5.41) is 5.27. The number of hydrogen-bond donors (Lipinski definition) is 0.